The molecule has 0 aliphatic rings. The maximum absolute atomic E-state index is 10.2. The van der Waals surface area contributed by atoms with E-state index in [1.807, 2.05) is 0 Å². The van der Waals surface area contributed by atoms with Crippen molar-refractivity contribution in [1.82, 2.24) is 0 Å². The van der Waals surface area contributed by atoms with Crippen molar-refractivity contribution in [2.24, 2.45) is 5.92 Å². The minimum Gasteiger partial charge on any atom is -0.481 e. The Bertz CT molecular complexity index is 128. The van der Waals surface area contributed by atoms with Crippen molar-refractivity contribution >= 4 is 5.97 Å². The molecule has 0 rings (SSSR count). The Hall–Kier alpha value is -0.570. The molecule has 0 spiro atoms. The molecule has 0 aliphatic carbocycles. The molecule has 13 heavy (non-hydrogen) atoms. The number of hydrogen-bond donors (Lipinski definition) is 2. The summed E-state index contributed by atoms with van der Waals surface area (Å²) >= 11 is 0. The van der Waals surface area contributed by atoms with Gasteiger partial charge in [0.25, 0.3) is 0 Å². The van der Waals surface area contributed by atoms with E-state index in [0.29, 0.717) is 5.92 Å². The lowest BCUT2D eigenvalue weighted by Crippen LogP contribution is -2.04. The highest BCUT2D eigenvalue weighted by Crippen LogP contribution is 2.17. The molecule has 0 saturated carbocycles. The first-order valence-corrected chi connectivity index (χ1v) is 5.03. The van der Waals surface area contributed by atoms with Crippen LogP contribution in [0.15, 0.2) is 0 Å². The lowest BCUT2D eigenvalue weighted by atomic mass is 9.94. The molecule has 0 aromatic rings. The fraction of sp³-hybridized carbons (Fsp3) is 0.900. The molecule has 0 saturated heterocycles. The Labute approximate surface area is 79.8 Å². The fourth-order valence-electron chi connectivity index (χ4n) is 1.57. The van der Waals surface area contributed by atoms with Gasteiger partial charge in [0, 0.05) is 13.0 Å². The quantitative estimate of drug-likeness (QED) is 0.613. The van der Waals surface area contributed by atoms with Gasteiger partial charge in [-0.2, -0.15) is 0 Å². The van der Waals surface area contributed by atoms with Crippen molar-refractivity contribution in [1.29, 1.82) is 0 Å². The maximum Gasteiger partial charge on any atom is 0.303 e. The number of hydrogen-bond acceptors (Lipinski definition) is 2. The van der Waals surface area contributed by atoms with Gasteiger partial charge in [-0.15, -0.1) is 0 Å². The molecular weight excluding hydrogens is 168 g/mol. The molecule has 0 aromatic heterocycles. The van der Waals surface area contributed by atoms with Gasteiger partial charge in [-0.25, -0.2) is 0 Å². The molecule has 0 amide bonds. The second kappa shape index (κ2) is 8.05. The molecular formula is C10H20O3. The van der Waals surface area contributed by atoms with E-state index < -0.39 is 5.97 Å². The SMILES string of the molecule is CCC[C@H](CCO)CCCC(=O)O. The molecule has 0 unspecified atom stereocenters. The Kier molecular flexibility index (Phi) is 7.69. The zero-order valence-electron chi connectivity index (χ0n) is 8.33. The standard InChI is InChI=1S/C10H20O3/c1-2-4-9(7-8-11)5-3-6-10(12)13/h9,11H,2-8H2,1H3,(H,12,13)/t9-/m0/s1. The Morgan fingerprint density at radius 3 is 2.46 bits per heavy atom. The zero-order valence-corrected chi connectivity index (χ0v) is 8.33. The van der Waals surface area contributed by atoms with Crippen molar-refractivity contribution in [3.8, 4) is 0 Å². The average molecular weight is 188 g/mol. The largest absolute Gasteiger partial charge is 0.481 e. The lowest BCUT2D eigenvalue weighted by molar-refractivity contribution is -0.137. The van der Waals surface area contributed by atoms with Crippen LogP contribution in [0.25, 0.3) is 0 Å². The number of carboxylic acids is 1. The molecule has 2 N–H and O–H groups in total. The first-order valence-electron chi connectivity index (χ1n) is 5.03. The summed E-state index contributed by atoms with van der Waals surface area (Å²) in [5.74, 6) is -0.214. The van der Waals surface area contributed by atoms with Crippen LogP contribution in [0.2, 0.25) is 0 Å². The van der Waals surface area contributed by atoms with Crippen LogP contribution in [-0.2, 0) is 4.79 Å². The maximum atomic E-state index is 10.2. The van der Waals surface area contributed by atoms with E-state index in [1.54, 1.807) is 0 Å². The Morgan fingerprint density at radius 2 is 2.00 bits per heavy atom. The van der Waals surface area contributed by atoms with E-state index in [9.17, 15) is 4.79 Å². The van der Waals surface area contributed by atoms with Crippen LogP contribution >= 0.6 is 0 Å². The predicted molar refractivity (Wildman–Crippen MR) is 51.6 cm³/mol. The van der Waals surface area contributed by atoms with E-state index in [1.165, 1.54) is 0 Å². The summed E-state index contributed by atoms with van der Waals surface area (Å²) in [6.45, 7) is 2.33. The smallest absolute Gasteiger partial charge is 0.303 e. The summed E-state index contributed by atoms with van der Waals surface area (Å²) in [4.78, 5) is 10.2. The molecule has 0 aliphatic heterocycles. The van der Waals surface area contributed by atoms with Gasteiger partial charge in [-0.05, 0) is 25.2 Å². The number of aliphatic carboxylic acids is 1. The molecule has 78 valence electrons. The van der Waals surface area contributed by atoms with Gasteiger partial charge < -0.3 is 10.2 Å². The molecule has 0 aromatic carbocycles. The van der Waals surface area contributed by atoms with E-state index in [2.05, 4.69) is 6.92 Å². The first-order chi connectivity index (χ1) is 6.20. The van der Waals surface area contributed by atoms with Crippen LogP contribution in [0.1, 0.15) is 45.4 Å². The summed E-state index contributed by atoms with van der Waals surface area (Å²) in [5.41, 5.74) is 0. The zero-order chi connectivity index (χ0) is 10.1. The van der Waals surface area contributed by atoms with Crippen LogP contribution in [-0.4, -0.2) is 22.8 Å². The van der Waals surface area contributed by atoms with Crippen molar-refractivity contribution in [3.63, 3.8) is 0 Å². The monoisotopic (exact) mass is 188 g/mol. The normalized spacial score (nSPS) is 12.8. The molecule has 0 heterocycles. The second-order valence-electron chi connectivity index (χ2n) is 3.45. The number of aliphatic hydroxyl groups is 1. The molecule has 1 atom stereocenters. The third-order valence-corrected chi connectivity index (χ3v) is 2.24. The summed E-state index contributed by atoms with van der Waals surface area (Å²) in [5, 5.41) is 17.2. The molecule has 3 nitrogen and oxygen atoms in total. The van der Waals surface area contributed by atoms with E-state index in [-0.39, 0.29) is 13.0 Å². The average Bonchev–Trinajstić information content (AvgIpc) is 2.04. The first kappa shape index (κ1) is 12.4. The highest BCUT2D eigenvalue weighted by Gasteiger charge is 2.07. The molecule has 3 heteroatoms. The fourth-order valence-corrected chi connectivity index (χ4v) is 1.57. The topological polar surface area (TPSA) is 57.5 Å². The van der Waals surface area contributed by atoms with Crippen LogP contribution in [0, 0.1) is 5.92 Å². The van der Waals surface area contributed by atoms with Gasteiger partial charge >= 0.3 is 5.97 Å². The van der Waals surface area contributed by atoms with E-state index in [0.717, 1.165) is 32.1 Å². The highest BCUT2D eigenvalue weighted by atomic mass is 16.4. The van der Waals surface area contributed by atoms with Crippen molar-refractivity contribution < 1.29 is 15.0 Å². The van der Waals surface area contributed by atoms with Gasteiger partial charge in [0.1, 0.15) is 0 Å². The van der Waals surface area contributed by atoms with Crippen LogP contribution in [0.3, 0.4) is 0 Å². The molecule has 0 bridgehead atoms. The predicted octanol–water partition coefficient (Wildman–Crippen LogP) is 2.04. The summed E-state index contributed by atoms with van der Waals surface area (Å²) in [6.07, 6.45) is 4.94. The minimum atomic E-state index is -0.723. The van der Waals surface area contributed by atoms with Gasteiger partial charge in [-0.3, -0.25) is 4.79 Å². The van der Waals surface area contributed by atoms with Gasteiger partial charge in [0.05, 0.1) is 0 Å². The van der Waals surface area contributed by atoms with E-state index in [4.69, 9.17) is 10.2 Å². The number of carboxylic acid groups (broad SMARTS) is 1. The highest BCUT2D eigenvalue weighted by molar-refractivity contribution is 5.66. The minimum absolute atomic E-state index is 0.220. The van der Waals surface area contributed by atoms with Crippen molar-refractivity contribution in [2.45, 2.75) is 45.4 Å². The van der Waals surface area contributed by atoms with Gasteiger partial charge in [0.15, 0.2) is 0 Å². The number of aliphatic hydroxyl groups excluding tert-OH is 1. The van der Waals surface area contributed by atoms with Gasteiger partial charge in [0.2, 0.25) is 0 Å². The van der Waals surface area contributed by atoms with Crippen molar-refractivity contribution in [2.75, 3.05) is 6.61 Å². The van der Waals surface area contributed by atoms with Crippen LogP contribution < -0.4 is 0 Å². The number of carbonyl (C=O) groups is 1. The van der Waals surface area contributed by atoms with E-state index >= 15 is 0 Å². The molecule has 0 radical (unpaired) electrons. The van der Waals surface area contributed by atoms with Gasteiger partial charge in [-0.1, -0.05) is 19.8 Å². The van der Waals surface area contributed by atoms with Crippen molar-refractivity contribution in [3.05, 3.63) is 0 Å². The molecule has 0 fully saturated rings. The lowest BCUT2D eigenvalue weighted by Gasteiger charge is -2.13. The third-order valence-electron chi connectivity index (χ3n) is 2.24. The Balaban J connectivity index is 3.49. The van der Waals surface area contributed by atoms with Crippen LogP contribution in [0.4, 0.5) is 0 Å². The summed E-state index contributed by atoms with van der Waals surface area (Å²) in [7, 11) is 0. The second-order valence-corrected chi connectivity index (χ2v) is 3.45. The third kappa shape index (κ3) is 7.78. The van der Waals surface area contributed by atoms with Crippen LogP contribution in [0.5, 0.6) is 0 Å². The number of rotatable bonds is 8. The summed E-state index contributed by atoms with van der Waals surface area (Å²) < 4.78 is 0. The Morgan fingerprint density at radius 1 is 1.31 bits per heavy atom. The summed E-state index contributed by atoms with van der Waals surface area (Å²) in [6, 6.07) is 0.